The lowest BCUT2D eigenvalue weighted by molar-refractivity contribution is -0.121. The standard InChI is InChI=1S/C19H25N3O4S/c1-14(21-16-6-8-17(9-7-16)22-27(3,24)25)19(23)20-13-12-15-4-10-18(26-2)11-5-15/h4-11,14,21-22H,12-13H2,1-3H3,(H,20,23). The highest BCUT2D eigenvalue weighted by Gasteiger charge is 2.12. The highest BCUT2D eigenvalue weighted by Crippen LogP contribution is 2.15. The molecule has 0 radical (unpaired) electrons. The first-order valence-electron chi connectivity index (χ1n) is 8.52. The predicted molar refractivity (Wildman–Crippen MR) is 108 cm³/mol. The first kappa shape index (κ1) is 20.6. The molecular weight excluding hydrogens is 366 g/mol. The fraction of sp³-hybridized carbons (Fsp3) is 0.316. The average molecular weight is 391 g/mol. The molecule has 3 N–H and O–H groups in total. The van der Waals surface area contributed by atoms with Crippen LogP contribution in [0.15, 0.2) is 48.5 Å². The van der Waals surface area contributed by atoms with Crippen LogP contribution in [0, 0.1) is 0 Å². The minimum atomic E-state index is -3.31. The molecule has 0 aliphatic heterocycles. The van der Waals surface area contributed by atoms with E-state index in [0.29, 0.717) is 12.2 Å². The van der Waals surface area contributed by atoms with Crippen LogP contribution in [0.3, 0.4) is 0 Å². The van der Waals surface area contributed by atoms with Crippen molar-refractivity contribution in [2.24, 2.45) is 0 Å². The number of carbonyl (C=O) groups excluding carboxylic acids is 1. The third-order valence-corrected chi connectivity index (χ3v) is 4.44. The molecule has 0 aliphatic rings. The normalized spacial score (nSPS) is 12.1. The van der Waals surface area contributed by atoms with Gasteiger partial charge in [0.05, 0.1) is 13.4 Å². The molecule has 0 bridgehead atoms. The van der Waals surface area contributed by atoms with E-state index in [4.69, 9.17) is 4.74 Å². The van der Waals surface area contributed by atoms with Crippen LogP contribution in [-0.4, -0.2) is 40.3 Å². The molecule has 0 aromatic heterocycles. The lowest BCUT2D eigenvalue weighted by Crippen LogP contribution is -2.38. The van der Waals surface area contributed by atoms with Crippen molar-refractivity contribution in [1.82, 2.24) is 5.32 Å². The number of anilines is 2. The fourth-order valence-corrected chi connectivity index (χ4v) is 3.00. The third kappa shape index (κ3) is 7.18. The summed E-state index contributed by atoms with van der Waals surface area (Å²) in [6, 6.07) is 14.0. The number of nitrogens with one attached hydrogen (secondary N) is 3. The number of carbonyl (C=O) groups is 1. The van der Waals surface area contributed by atoms with Gasteiger partial charge < -0.3 is 15.4 Å². The zero-order valence-electron chi connectivity index (χ0n) is 15.7. The van der Waals surface area contributed by atoms with Gasteiger partial charge in [0.15, 0.2) is 0 Å². The van der Waals surface area contributed by atoms with E-state index < -0.39 is 16.1 Å². The molecule has 2 aromatic carbocycles. The summed E-state index contributed by atoms with van der Waals surface area (Å²) in [5, 5.41) is 5.99. The molecule has 2 aromatic rings. The second-order valence-electron chi connectivity index (χ2n) is 6.21. The Hall–Kier alpha value is -2.74. The molecule has 7 nitrogen and oxygen atoms in total. The highest BCUT2D eigenvalue weighted by molar-refractivity contribution is 7.92. The number of hydrogen-bond donors (Lipinski definition) is 3. The molecule has 1 unspecified atom stereocenters. The molecule has 0 saturated heterocycles. The van der Waals surface area contributed by atoms with Crippen molar-refractivity contribution in [1.29, 1.82) is 0 Å². The second-order valence-corrected chi connectivity index (χ2v) is 7.96. The van der Waals surface area contributed by atoms with E-state index in [2.05, 4.69) is 15.4 Å². The summed E-state index contributed by atoms with van der Waals surface area (Å²) in [5.41, 5.74) is 2.32. The van der Waals surface area contributed by atoms with Crippen molar-refractivity contribution in [3.8, 4) is 5.75 Å². The third-order valence-electron chi connectivity index (χ3n) is 3.84. The number of rotatable bonds is 9. The van der Waals surface area contributed by atoms with E-state index in [1.54, 1.807) is 38.3 Å². The van der Waals surface area contributed by atoms with Gasteiger partial charge >= 0.3 is 0 Å². The number of sulfonamides is 1. The van der Waals surface area contributed by atoms with Crippen LogP contribution in [0.5, 0.6) is 5.75 Å². The van der Waals surface area contributed by atoms with Gasteiger partial charge in [0, 0.05) is 17.9 Å². The van der Waals surface area contributed by atoms with Gasteiger partial charge in [-0.3, -0.25) is 9.52 Å². The van der Waals surface area contributed by atoms with E-state index in [0.717, 1.165) is 29.7 Å². The van der Waals surface area contributed by atoms with E-state index >= 15 is 0 Å². The van der Waals surface area contributed by atoms with Gasteiger partial charge in [0.2, 0.25) is 15.9 Å². The molecule has 146 valence electrons. The van der Waals surface area contributed by atoms with Crippen LogP contribution in [0.25, 0.3) is 0 Å². The molecule has 0 spiro atoms. The maximum absolute atomic E-state index is 12.2. The zero-order valence-corrected chi connectivity index (χ0v) is 16.5. The number of amides is 1. The Morgan fingerprint density at radius 2 is 1.63 bits per heavy atom. The van der Waals surface area contributed by atoms with Crippen molar-refractivity contribution in [2.45, 2.75) is 19.4 Å². The highest BCUT2D eigenvalue weighted by atomic mass is 32.2. The summed E-state index contributed by atoms with van der Waals surface area (Å²) in [6.07, 6.45) is 1.83. The maximum Gasteiger partial charge on any atom is 0.242 e. The van der Waals surface area contributed by atoms with Crippen molar-refractivity contribution < 1.29 is 17.9 Å². The van der Waals surface area contributed by atoms with Gasteiger partial charge in [-0.15, -0.1) is 0 Å². The van der Waals surface area contributed by atoms with Crippen LogP contribution < -0.4 is 20.1 Å². The minimum Gasteiger partial charge on any atom is -0.497 e. The molecule has 8 heteroatoms. The van der Waals surface area contributed by atoms with Crippen LogP contribution in [0.2, 0.25) is 0 Å². The van der Waals surface area contributed by atoms with Crippen LogP contribution >= 0.6 is 0 Å². The molecule has 0 saturated carbocycles. The first-order valence-corrected chi connectivity index (χ1v) is 10.4. The molecule has 0 heterocycles. The van der Waals surface area contributed by atoms with Crippen molar-refractivity contribution in [2.75, 3.05) is 29.9 Å². The van der Waals surface area contributed by atoms with Gasteiger partial charge in [0.25, 0.3) is 0 Å². The van der Waals surface area contributed by atoms with Crippen molar-refractivity contribution in [3.05, 3.63) is 54.1 Å². The Morgan fingerprint density at radius 3 is 2.19 bits per heavy atom. The van der Waals surface area contributed by atoms with Gasteiger partial charge in [-0.2, -0.15) is 0 Å². The Kier molecular flexibility index (Phi) is 7.06. The zero-order chi connectivity index (χ0) is 19.9. The van der Waals surface area contributed by atoms with E-state index in [1.807, 2.05) is 24.3 Å². The molecule has 1 amide bonds. The van der Waals surface area contributed by atoms with Gasteiger partial charge in [0.1, 0.15) is 11.8 Å². The van der Waals surface area contributed by atoms with E-state index in [1.165, 1.54) is 0 Å². The molecule has 27 heavy (non-hydrogen) atoms. The average Bonchev–Trinajstić information content (AvgIpc) is 2.62. The van der Waals surface area contributed by atoms with Crippen molar-refractivity contribution >= 4 is 27.3 Å². The van der Waals surface area contributed by atoms with E-state index in [-0.39, 0.29) is 5.91 Å². The van der Waals surface area contributed by atoms with Crippen LogP contribution in [0.1, 0.15) is 12.5 Å². The monoisotopic (exact) mass is 391 g/mol. The molecule has 2 rings (SSSR count). The predicted octanol–water partition coefficient (Wildman–Crippen LogP) is 2.23. The van der Waals surface area contributed by atoms with Crippen LogP contribution in [0.4, 0.5) is 11.4 Å². The fourth-order valence-electron chi connectivity index (χ4n) is 2.44. The number of methoxy groups -OCH3 is 1. The summed E-state index contributed by atoms with van der Waals surface area (Å²) in [7, 11) is -1.68. The minimum absolute atomic E-state index is 0.109. The van der Waals surface area contributed by atoms with Crippen LogP contribution in [-0.2, 0) is 21.2 Å². The lowest BCUT2D eigenvalue weighted by Gasteiger charge is -2.16. The summed E-state index contributed by atoms with van der Waals surface area (Å²) >= 11 is 0. The second kappa shape index (κ2) is 9.27. The molecule has 0 aliphatic carbocycles. The van der Waals surface area contributed by atoms with Crippen molar-refractivity contribution in [3.63, 3.8) is 0 Å². The summed E-state index contributed by atoms with van der Waals surface area (Å²) in [4.78, 5) is 12.2. The Morgan fingerprint density at radius 1 is 1.04 bits per heavy atom. The number of ether oxygens (including phenoxy) is 1. The quantitative estimate of drug-likeness (QED) is 0.609. The molecule has 1 atom stereocenters. The van der Waals surface area contributed by atoms with Gasteiger partial charge in [-0.05, 0) is 55.3 Å². The summed E-state index contributed by atoms with van der Waals surface area (Å²) < 4.78 is 29.9. The molecule has 0 fully saturated rings. The van der Waals surface area contributed by atoms with E-state index in [9.17, 15) is 13.2 Å². The molecular formula is C19H25N3O4S. The first-order chi connectivity index (χ1) is 12.8. The lowest BCUT2D eigenvalue weighted by atomic mass is 10.1. The SMILES string of the molecule is COc1ccc(CCNC(=O)C(C)Nc2ccc(NS(C)(=O)=O)cc2)cc1. The number of hydrogen-bond acceptors (Lipinski definition) is 5. The Bertz CT molecular complexity index is 850. The Balaban J connectivity index is 1.79. The number of benzene rings is 2. The van der Waals surface area contributed by atoms with Gasteiger partial charge in [-0.25, -0.2) is 8.42 Å². The summed E-state index contributed by atoms with van der Waals surface area (Å²) in [5.74, 6) is 0.695. The van der Waals surface area contributed by atoms with Gasteiger partial charge in [-0.1, -0.05) is 12.1 Å². The largest absolute Gasteiger partial charge is 0.497 e. The topological polar surface area (TPSA) is 96.5 Å². The summed E-state index contributed by atoms with van der Waals surface area (Å²) in [6.45, 7) is 2.31. The maximum atomic E-state index is 12.2. The smallest absolute Gasteiger partial charge is 0.242 e. The Labute approximate surface area is 160 Å².